The molecule has 1 fully saturated rings. The first kappa shape index (κ1) is 8.28. The van der Waals surface area contributed by atoms with Gasteiger partial charge in [-0.25, -0.2) is 0 Å². The molecule has 0 bridgehead atoms. The molecular weight excluding hydrogens is 146 g/mol. The third kappa shape index (κ3) is 1.55. The van der Waals surface area contributed by atoms with Crippen LogP contribution in [0.4, 0.5) is 0 Å². The molecule has 68 valence electrons. The van der Waals surface area contributed by atoms with Gasteiger partial charge in [0.15, 0.2) is 0 Å². The van der Waals surface area contributed by atoms with Crippen LogP contribution in [-0.4, -0.2) is 12.3 Å². The van der Waals surface area contributed by atoms with Gasteiger partial charge in [0.05, 0.1) is 0 Å². The normalized spacial score (nSPS) is 33.9. The molecule has 2 rings (SSSR count). The first-order chi connectivity index (χ1) is 5.81. The number of nitrogens with zero attached hydrogens (tertiary/aromatic N) is 1. The van der Waals surface area contributed by atoms with Crippen LogP contribution in [-0.2, 0) is 0 Å². The molecule has 1 aliphatic heterocycles. The van der Waals surface area contributed by atoms with Crippen molar-refractivity contribution in [1.82, 2.24) is 0 Å². The molecule has 0 aromatic heterocycles. The molecule has 2 aliphatic rings. The molecule has 0 radical (unpaired) electrons. The zero-order valence-corrected chi connectivity index (χ0v) is 8.05. The zero-order chi connectivity index (χ0) is 8.44. The Morgan fingerprint density at radius 2 is 1.92 bits per heavy atom. The van der Waals surface area contributed by atoms with E-state index in [4.69, 9.17) is 0 Å². The van der Waals surface area contributed by atoms with Crippen LogP contribution < -0.4 is 0 Å². The minimum absolute atomic E-state index is 0.546. The molecule has 1 atom stereocenters. The second-order valence-corrected chi connectivity index (χ2v) is 4.59. The highest BCUT2D eigenvalue weighted by atomic mass is 14.8. The number of hydrogen-bond donors (Lipinski definition) is 0. The van der Waals surface area contributed by atoms with E-state index in [0.717, 1.165) is 0 Å². The van der Waals surface area contributed by atoms with Crippen LogP contribution >= 0.6 is 0 Å². The monoisotopic (exact) mass is 165 g/mol. The molecule has 0 N–H and O–H groups in total. The molecule has 1 heteroatoms. The van der Waals surface area contributed by atoms with Gasteiger partial charge in [0.2, 0.25) is 0 Å². The summed E-state index contributed by atoms with van der Waals surface area (Å²) in [5.74, 6) is 0. The summed E-state index contributed by atoms with van der Waals surface area (Å²) in [5, 5.41) is 0. The Hall–Kier alpha value is -0.330. The van der Waals surface area contributed by atoms with Crippen LogP contribution in [0.15, 0.2) is 4.99 Å². The Bertz CT molecular complexity index is 177. The predicted molar refractivity (Wildman–Crippen MR) is 52.7 cm³/mol. The summed E-state index contributed by atoms with van der Waals surface area (Å²) in [5.41, 5.74) is 0.546. The standard InChI is InChI=1S/C11H19N/c1-10-5-8-11(9-12-10)6-3-2-4-7-11/h9-10H,2-8H2,1H3. The minimum Gasteiger partial charge on any atom is -0.294 e. The van der Waals surface area contributed by atoms with Crippen molar-refractivity contribution in [2.24, 2.45) is 10.4 Å². The first-order valence-corrected chi connectivity index (χ1v) is 5.35. The van der Waals surface area contributed by atoms with Crippen LogP contribution in [0.3, 0.4) is 0 Å². The van der Waals surface area contributed by atoms with Gasteiger partial charge in [-0.2, -0.15) is 0 Å². The molecular formula is C11H19N. The lowest BCUT2D eigenvalue weighted by Crippen LogP contribution is -2.30. The van der Waals surface area contributed by atoms with Crippen molar-refractivity contribution < 1.29 is 0 Å². The molecule has 0 aromatic carbocycles. The van der Waals surface area contributed by atoms with E-state index in [2.05, 4.69) is 18.1 Å². The second-order valence-electron chi connectivity index (χ2n) is 4.59. The topological polar surface area (TPSA) is 12.4 Å². The fourth-order valence-electron chi connectivity index (χ4n) is 2.56. The van der Waals surface area contributed by atoms with E-state index in [9.17, 15) is 0 Å². The van der Waals surface area contributed by atoms with E-state index in [0.29, 0.717) is 11.5 Å². The molecule has 1 unspecified atom stereocenters. The summed E-state index contributed by atoms with van der Waals surface area (Å²) in [6, 6.07) is 0.595. The minimum atomic E-state index is 0.546. The van der Waals surface area contributed by atoms with Crippen molar-refractivity contribution in [2.45, 2.75) is 57.9 Å². The fourth-order valence-corrected chi connectivity index (χ4v) is 2.56. The summed E-state index contributed by atoms with van der Waals surface area (Å²) in [4.78, 5) is 4.58. The Morgan fingerprint density at radius 1 is 1.17 bits per heavy atom. The quantitative estimate of drug-likeness (QED) is 0.522. The first-order valence-electron chi connectivity index (χ1n) is 5.35. The molecule has 0 saturated heterocycles. The van der Waals surface area contributed by atoms with Gasteiger partial charge in [-0.15, -0.1) is 0 Å². The molecule has 1 heterocycles. The van der Waals surface area contributed by atoms with Gasteiger partial charge in [0.1, 0.15) is 0 Å². The van der Waals surface area contributed by atoms with Gasteiger partial charge in [0, 0.05) is 17.7 Å². The van der Waals surface area contributed by atoms with Crippen molar-refractivity contribution in [3.05, 3.63) is 0 Å². The maximum Gasteiger partial charge on any atom is 0.0468 e. The van der Waals surface area contributed by atoms with Crippen LogP contribution in [0, 0.1) is 5.41 Å². The maximum atomic E-state index is 4.58. The lowest BCUT2D eigenvalue weighted by atomic mass is 9.70. The highest BCUT2D eigenvalue weighted by Crippen LogP contribution is 2.41. The average molecular weight is 165 g/mol. The third-order valence-corrected chi connectivity index (χ3v) is 3.51. The maximum absolute atomic E-state index is 4.58. The lowest BCUT2D eigenvalue weighted by molar-refractivity contribution is 0.249. The summed E-state index contributed by atoms with van der Waals surface area (Å²) in [6.07, 6.45) is 12.1. The van der Waals surface area contributed by atoms with Crippen LogP contribution in [0.2, 0.25) is 0 Å². The molecule has 1 aliphatic carbocycles. The van der Waals surface area contributed by atoms with Gasteiger partial charge in [-0.05, 0) is 32.6 Å². The van der Waals surface area contributed by atoms with E-state index < -0.39 is 0 Å². The van der Waals surface area contributed by atoms with Crippen molar-refractivity contribution in [3.8, 4) is 0 Å². The largest absolute Gasteiger partial charge is 0.294 e. The van der Waals surface area contributed by atoms with E-state index in [1.807, 2.05) is 0 Å². The number of aliphatic imine (C=N–C) groups is 1. The Morgan fingerprint density at radius 3 is 2.50 bits per heavy atom. The molecule has 1 saturated carbocycles. The van der Waals surface area contributed by atoms with Gasteiger partial charge < -0.3 is 0 Å². The average Bonchev–Trinajstić information content (AvgIpc) is 2.13. The van der Waals surface area contributed by atoms with Crippen LogP contribution in [0.1, 0.15) is 51.9 Å². The van der Waals surface area contributed by atoms with E-state index in [1.54, 1.807) is 0 Å². The summed E-state index contributed by atoms with van der Waals surface area (Å²) in [6.45, 7) is 2.23. The number of hydrogen-bond acceptors (Lipinski definition) is 1. The van der Waals surface area contributed by atoms with Crippen LogP contribution in [0.25, 0.3) is 0 Å². The van der Waals surface area contributed by atoms with E-state index in [-0.39, 0.29) is 0 Å². The molecule has 1 nitrogen and oxygen atoms in total. The summed E-state index contributed by atoms with van der Waals surface area (Å²) < 4.78 is 0. The SMILES string of the molecule is CC1CCC2(C=N1)CCCCC2. The predicted octanol–water partition coefficient (Wildman–Crippen LogP) is 3.19. The molecule has 0 aromatic rings. The van der Waals surface area contributed by atoms with E-state index >= 15 is 0 Å². The highest BCUT2D eigenvalue weighted by Gasteiger charge is 2.32. The van der Waals surface area contributed by atoms with Gasteiger partial charge in [0.25, 0.3) is 0 Å². The van der Waals surface area contributed by atoms with Gasteiger partial charge in [-0.1, -0.05) is 19.3 Å². The smallest absolute Gasteiger partial charge is 0.0468 e. The Kier molecular flexibility index (Phi) is 2.20. The zero-order valence-electron chi connectivity index (χ0n) is 8.05. The third-order valence-electron chi connectivity index (χ3n) is 3.51. The fraction of sp³-hybridized carbons (Fsp3) is 0.909. The van der Waals surface area contributed by atoms with Crippen molar-refractivity contribution in [2.75, 3.05) is 0 Å². The van der Waals surface area contributed by atoms with Crippen molar-refractivity contribution >= 4 is 6.21 Å². The van der Waals surface area contributed by atoms with Gasteiger partial charge in [-0.3, -0.25) is 4.99 Å². The molecule has 0 amide bonds. The van der Waals surface area contributed by atoms with Crippen molar-refractivity contribution in [1.29, 1.82) is 0 Å². The lowest BCUT2D eigenvalue weighted by Gasteiger charge is -2.37. The summed E-state index contributed by atoms with van der Waals surface area (Å²) in [7, 11) is 0. The van der Waals surface area contributed by atoms with E-state index in [1.165, 1.54) is 44.9 Å². The van der Waals surface area contributed by atoms with Crippen LogP contribution in [0.5, 0.6) is 0 Å². The number of rotatable bonds is 0. The Labute approximate surface area is 75.3 Å². The molecule has 12 heavy (non-hydrogen) atoms. The summed E-state index contributed by atoms with van der Waals surface area (Å²) >= 11 is 0. The second kappa shape index (κ2) is 3.20. The van der Waals surface area contributed by atoms with Gasteiger partial charge >= 0.3 is 0 Å². The molecule has 1 spiro atoms. The Balaban J connectivity index is 2.05. The highest BCUT2D eigenvalue weighted by molar-refractivity contribution is 5.67. The van der Waals surface area contributed by atoms with Crippen molar-refractivity contribution in [3.63, 3.8) is 0 Å².